The number of nitrogens with one attached hydrogen (secondary N) is 1. The highest BCUT2D eigenvalue weighted by Crippen LogP contribution is 2.47. The van der Waals surface area contributed by atoms with Crippen LogP contribution in [0.25, 0.3) is 10.9 Å². The van der Waals surface area contributed by atoms with Crippen LogP contribution in [0.15, 0.2) is 30.3 Å². The lowest BCUT2D eigenvalue weighted by molar-refractivity contribution is -0.170. The second-order valence-electron chi connectivity index (χ2n) is 11.3. The minimum Gasteiger partial charge on any atom is -0.493 e. The number of benzene rings is 2. The van der Waals surface area contributed by atoms with E-state index in [-0.39, 0.29) is 5.56 Å². The topological polar surface area (TPSA) is 79.7 Å². The van der Waals surface area contributed by atoms with Gasteiger partial charge >= 0.3 is 5.92 Å². The third kappa shape index (κ3) is 5.00. The Labute approximate surface area is 226 Å². The zero-order chi connectivity index (χ0) is 28.3. The predicted molar refractivity (Wildman–Crippen MR) is 143 cm³/mol. The van der Waals surface area contributed by atoms with Crippen molar-refractivity contribution >= 4 is 16.7 Å². The molecule has 2 unspecified atom stereocenters. The molecular weight excluding hydrogens is 509 g/mol. The first-order chi connectivity index (χ1) is 18.3. The number of fused-ring (bicyclic) bond motifs is 2. The molecule has 2 N–H and O–H groups in total. The number of nitrogens with zero attached hydrogens (tertiary/aromatic N) is 3. The molecule has 10 heteroatoms. The van der Waals surface area contributed by atoms with Gasteiger partial charge in [0, 0.05) is 29.1 Å². The molecule has 5 rings (SSSR count). The van der Waals surface area contributed by atoms with Crippen LogP contribution in [0.4, 0.5) is 19.0 Å². The van der Waals surface area contributed by atoms with Crippen LogP contribution in [0.1, 0.15) is 56.6 Å². The number of methoxy groups -OCH3 is 1. The fourth-order valence-corrected chi connectivity index (χ4v) is 5.52. The van der Waals surface area contributed by atoms with Crippen molar-refractivity contribution in [3.8, 4) is 11.5 Å². The largest absolute Gasteiger partial charge is 0.493 e. The van der Waals surface area contributed by atoms with Gasteiger partial charge in [-0.25, -0.2) is 14.4 Å². The lowest BCUT2D eigenvalue weighted by Crippen LogP contribution is -2.41. The van der Waals surface area contributed by atoms with Crippen molar-refractivity contribution in [2.24, 2.45) is 5.92 Å². The van der Waals surface area contributed by atoms with Gasteiger partial charge in [0.05, 0.1) is 24.2 Å². The van der Waals surface area contributed by atoms with Gasteiger partial charge in [0.25, 0.3) is 0 Å². The minimum absolute atomic E-state index is 0.0219. The van der Waals surface area contributed by atoms with E-state index in [9.17, 15) is 13.9 Å². The monoisotopic (exact) mass is 544 g/mol. The number of likely N-dealkylation sites (N-methyl/N-ethyl adjacent to an activating group) is 1. The highest BCUT2D eigenvalue weighted by Gasteiger charge is 2.50. The standard InChI is InChI=1S/C29H35F3N4O3/c1-15(19-8-7-9-21(26(19)30)29(31,32)28(3,4)37)33-27-20-12-25(24(38-6)13-22(20)34-16(2)35-27)39-14-18-10-17-11-23(17)36(18)5/h7-9,12-13,15,17-18,23,37H,10-11,14H2,1-6H3,(H,33,34,35)/t15-,17?,18+,23?/m1/s1. The number of alkyl halides is 2. The number of anilines is 1. The molecule has 0 bridgehead atoms. The van der Waals surface area contributed by atoms with Crippen molar-refractivity contribution in [3.63, 3.8) is 0 Å². The molecule has 0 spiro atoms. The molecule has 1 aliphatic heterocycles. The molecule has 2 aromatic carbocycles. The number of hydrogen-bond acceptors (Lipinski definition) is 7. The first kappa shape index (κ1) is 27.5. The minimum atomic E-state index is -3.79. The first-order valence-electron chi connectivity index (χ1n) is 13.2. The van der Waals surface area contributed by atoms with E-state index in [1.807, 2.05) is 0 Å². The summed E-state index contributed by atoms with van der Waals surface area (Å²) >= 11 is 0. The fourth-order valence-electron chi connectivity index (χ4n) is 5.52. The first-order valence-corrected chi connectivity index (χ1v) is 13.2. The fraction of sp³-hybridized carbons (Fsp3) is 0.517. The molecule has 2 aliphatic rings. The number of aromatic nitrogens is 2. The van der Waals surface area contributed by atoms with E-state index >= 15 is 4.39 Å². The average molecular weight is 545 g/mol. The maximum absolute atomic E-state index is 15.4. The van der Waals surface area contributed by atoms with E-state index in [1.165, 1.54) is 18.6 Å². The molecule has 0 radical (unpaired) electrons. The quantitative estimate of drug-likeness (QED) is 0.363. The van der Waals surface area contributed by atoms with Crippen LogP contribution in [-0.4, -0.2) is 58.4 Å². The summed E-state index contributed by atoms with van der Waals surface area (Å²) in [5.74, 6) is -2.14. The number of aryl methyl sites for hydroxylation is 1. The van der Waals surface area contributed by atoms with E-state index < -0.39 is 28.9 Å². The van der Waals surface area contributed by atoms with Gasteiger partial charge in [-0.15, -0.1) is 0 Å². The Hall–Kier alpha value is -3.11. The predicted octanol–water partition coefficient (Wildman–Crippen LogP) is 5.59. The zero-order valence-corrected chi connectivity index (χ0v) is 23.1. The van der Waals surface area contributed by atoms with Crippen LogP contribution in [0.3, 0.4) is 0 Å². The maximum Gasteiger partial charge on any atom is 0.303 e. The van der Waals surface area contributed by atoms with E-state index in [4.69, 9.17) is 9.47 Å². The Bertz CT molecular complexity index is 1390. The molecule has 7 nitrogen and oxygen atoms in total. The van der Waals surface area contributed by atoms with Crippen molar-refractivity contribution in [2.75, 3.05) is 26.1 Å². The van der Waals surface area contributed by atoms with Gasteiger partial charge < -0.3 is 19.9 Å². The van der Waals surface area contributed by atoms with E-state index in [0.29, 0.717) is 52.7 Å². The van der Waals surface area contributed by atoms with Crippen LogP contribution < -0.4 is 14.8 Å². The molecule has 1 aliphatic carbocycles. The number of likely N-dealkylation sites (tertiary alicyclic amines) is 1. The molecule has 39 heavy (non-hydrogen) atoms. The zero-order valence-electron chi connectivity index (χ0n) is 23.1. The number of piperidine rings is 1. The summed E-state index contributed by atoms with van der Waals surface area (Å²) in [7, 11) is 3.70. The van der Waals surface area contributed by atoms with Crippen LogP contribution >= 0.6 is 0 Å². The second-order valence-corrected chi connectivity index (χ2v) is 11.3. The van der Waals surface area contributed by atoms with Crippen molar-refractivity contribution in [3.05, 3.63) is 53.1 Å². The van der Waals surface area contributed by atoms with E-state index in [2.05, 4.69) is 27.2 Å². The smallest absolute Gasteiger partial charge is 0.303 e. The summed E-state index contributed by atoms with van der Waals surface area (Å²) in [5.41, 5.74) is -2.68. The third-order valence-corrected chi connectivity index (χ3v) is 8.04. The lowest BCUT2D eigenvalue weighted by atomic mass is 9.91. The van der Waals surface area contributed by atoms with Gasteiger partial charge in [0.2, 0.25) is 0 Å². The number of halogens is 3. The van der Waals surface area contributed by atoms with Gasteiger partial charge in [0.1, 0.15) is 29.7 Å². The molecule has 210 valence electrons. The van der Waals surface area contributed by atoms with E-state index in [1.54, 1.807) is 33.1 Å². The van der Waals surface area contributed by atoms with Crippen molar-refractivity contribution in [1.29, 1.82) is 0 Å². The number of aliphatic hydroxyl groups is 1. The maximum atomic E-state index is 15.4. The highest BCUT2D eigenvalue weighted by molar-refractivity contribution is 5.92. The van der Waals surface area contributed by atoms with Gasteiger partial charge in [-0.3, -0.25) is 4.90 Å². The van der Waals surface area contributed by atoms with Gasteiger partial charge in [-0.05, 0) is 65.6 Å². The Balaban J connectivity index is 1.45. The van der Waals surface area contributed by atoms with Crippen molar-refractivity contribution in [1.82, 2.24) is 14.9 Å². The number of rotatable bonds is 9. The number of hydrogen-bond donors (Lipinski definition) is 2. The van der Waals surface area contributed by atoms with Gasteiger partial charge in [0.15, 0.2) is 11.5 Å². The molecule has 0 amide bonds. The molecule has 1 saturated heterocycles. The number of ether oxygens (including phenoxy) is 2. The third-order valence-electron chi connectivity index (χ3n) is 8.04. The van der Waals surface area contributed by atoms with Crippen molar-refractivity contribution in [2.45, 2.75) is 70.2 Å². The Morgan fingerprint density at radius 3 is 2.56 bits per heavy atom. The van der Waals surface area contributed by atoms with Crippen LogP contribution in [0.2, 0.25) is 0 Å². The van der Waals surface area contributed by atoms with Gasteiger partial charge in [-0.1, -0.05) is 12.1 Å². The molecule has 2 fully saturated rings. The molecule has 1 aromatic heterocycles. The van der Waals surface area contributed by atoms with Crippen LogP contribution in [0.5, 0.6) is 11.5 Å². The SMILES string of the molecule is COc1cc2nc(C)nc(N[C@H](C)c3cccc(C(F)(F)C(C)(C)O)c3F)c2cc1OC[C@@H]1CC2CC2N1C. The summed E-state index contributed by atoms with van der Waals surface area (Å²) in [5, 5.41) is 13.8. The summed E-state index contributed by atoms with van der Waals surface area (Å²) in [6.07, 6.45) is 2.37. The molecule has 4 atom stereocenters. The summed E-state index contributed by atoms with van der Waals surface area (Å²) in [4.78, 5) is 11.4. The molecular formula is C29H35F3N4O3. The summed E-state index contributed by atoms with van der Waals surface area (Å²) < 4.78 is 56.9. The lowest BCUT2D eigenvalue weighted by Gasteiger charge is -2.30. The molecule has 3 aromatic rings. The summed E-state index contributed by atoms with van der Waals surface area (Å²) in [6, 6.07) is 7.62. The van der Waals surface area contributed by atoms with E-state index in [0.717, 1.165) is 32.3 Å². The van der Waals surface area contributed by atoms with Gasteiger partial charge in [-0.2, -0.15) is 8.78 Å². The van der Waals surface area contributed by atoms with Crippen LogP contribution in [-0.2, 0) is 5.92 Å². The second kappa shape index (κ2) is 9.82. The highest BCUT2D eigenvalue weighted by atomic mass is 19.3. The Morgan fingerprint density at radius 2 is 1.92 bits per heavy atom. The van der Waals surface area contributed by atoms with Crippen molar-refractivity contribution < 1.29 is 27.8 Å². The molecule has 2 heterocycles. The Morgan fingerprint density at radius 1 is 1.18 bits per heavy atom. The normalized spacial score (nSPS) is 22.1. The molecule has 1 saturated carbocycles. The van der Waals surface area contributed by atoms with Crippen LogP contribution in [0, 0.1) is 18.7 Å². The Kier molecular flexibility index (Phi) is 6.91. The summed E-state index contributed by atoms with van der Waals surface area (Å²) in [6.45, 7) is 5.83. The average Bonchev–Trinajstić information content (AvgIpc) is 3.57.